The van der Waals surface area contributed by atoms with Crippen LogP contribution in [0.5, 0.6) is 0 Å². The lowest BCUT2D eigenvalue weighted by atomic mass is 10.1. The van der Waals surface area contributed by atoms with Gasteiger partial charge >= 0.3 is 6.09 Å². The molecule has 3 heterocycles. The molecular weight excluding hydrogens is 590 g/mol. The molecule has 2 aliphatic heterocycles. The van der Waals surface area contributed by atoms with Crippen molar-refractivity contribution in [1.82, 2.24) is 20.9 Å². The summed E-state index contributed by atoms with van der Waals surface area (Å²) in [7, 11) is 2.78. The Hall–Kier alpha value is -4.33. The van der Waals surface area contributed by atoms with Crippen molar-refractivity contribution in [2.75, 3.05) is 40.5 Å². The number of nitrogens with zero attached hydrogens (tertiary/aromatic N) is 1. The van der Waals surface area contributed by atoms with Crippen LogP contribution < -0.4 is 16.0 Å². The highest BCUT2D eigenvalue weighted by molar-refractivity contribution is 5.94. The largest absolute Gasteiger partial charge is 0.456 e. The van der Waals surface area contributed by atoms with E-state index in [2.05, 4.69) is 16.0 Å². The van der Waals surface area contributed by atoms with Gasteiger partial charge in [0.2, 0.25) is 5.91 Å². The van der Waals surface area contributed by atoms with E-state index in [1.54, 1.807) is 31.4 Å². The van der Waals surface area contributed by atoms with Crippen LogP contribution in [0.3, 0.4) is 0 Å². The second kappa shape index (κ2) is 13.8. The zero-order chi connectivity index (χ0) is 32.1. The lowest BCUT2D eigenvalue weighted by Crippen LogP contribution is -2.46. The molecule has 5 rings (SSSR count). The number of hydrogen-bond acceptors (Lipinski definition) is 8. The van der Waals surface area contributed by atoms with Crippen molar-refractivity contribution in [1.29, 1.82) is 0 Å². The monoisotopic (exact) mass is 626 g/mol. The van der Waals surface area contributed by atoms with Crippen molar-refractivity contribution in [2.45, 2.75) is 43.0 Å². The van der Waals surface area contributed by atoms with Crippen molar-refractivity contribution in [2.24, 2.45) is 0 Å². The Balaban J connectivity index is 1.17. The average molecular weight is 627 g/mol. The first-order valence-electron chi connectivity index (χ1n) is 14.6. The molecule has 45 heavy (non-hydrogen) atoms. The molecule has 0 spiro atoms. The van der Waals surface area contributed by atoms with E-state index in [1.807, 2.05) is 36.4 Å². The standard InChI is InChI=1S/C32H36F2N4O7/c1-43-28(17-39)21-5-3-19(4-6-21)26-11-12-27(45-26)20-7-9-22(10-8-20)29(40)35-15-24-13-23(16-38(24)31(42)44-2)37-30(41)25-14-32(33,34)18-36-25/h3-12,23-25,28,36,39H,13-18H2,1-2H3,(H,35,40)(H,37,41)/t23-,24-,25+,28?/m1/s1. The Morgan fingerprint density at radius 2 is 1.69 bits per heavy atom. The van der Waals surface area contributed by atoms with E-state index in [-0.39, 0.29) is 25.6 Å². The van der Waals surface area contributed by atoms with Gasteiger partial charge in [-0.15, -0.1) is 0 Å². The van der Waals surface area contributed by atoms with Crippen LogP contribution in [0.2, 0.25) is 0 Å². The lowest BCUT2D eigenvalue weighted by molar-refractivity contribution is -0.124. The van der Waals surface area contributed by atoms with Crippen LogP contribution >= 0.6 is 0 Å². The molecule has 0 aliphatic carbocycles. The van der Waals surface area contributed by atoms with Crippen LogP contribution in [0.4, 0.5) is 13.6 Å². The highest BCUT2D eigenvalue weighted by Gasteiger charge is 2.44. The van der Waals surface area contributed by atoms with Gasteiger partial charge in [0.25, 0.3) is 11.8 Å². The smallest absolute Gasteiger partial charge is 0.409 e. The molecule has 0 bridgehead atoms. The Kier molecular flexibility index (Phi) is 9.80. The Labute approximate surface area is 258 Å². The zero-order valence-corrected chi connectivity index (χ0v) is 24.9. The van der Waals surface area contributed by atoms with Crippen molar-refractivity contribution in [3.8, 4) is 22.6 Å². The number of carbonyl (C=O) groups excluding carboxylic acids is 3. The first kappa shape index (κ1) is 32.1. The lowest BCUT2D eigenvalue weighted by Gasteiger charge is -2.23. The van der Waals surface area contributed by atoms with Gasteiger partial charge in [0, 0.05) is 49.4 Å². The topological polar surface area (TPSA) is 142 Å². The summed E-state index contributed by atoms with van der Waals surface area (Å²) in [5.41, 5.74) is 2.89. The predicted octanol–water partition coefficient (Wildman–Crippen LogP) is 3.35. The minimum Gasteiger partial charge on any atom is -0.456 e. The summed E-state index contributed by atoms with van der Waals surface area (Å²) in [5, 5.41) is 17.5. The van der Waals surface area contributed by atoms with Gasteiger partial charge in [-0.25, -0.2) is 13.6 Å². The van der Waals surface area contributed by atoms with Crippen molar-refractivity contribution >= 4 is 17.9 Å². The van der Waals surface area contributed by atoms with E-state index in [0.717, 1.165) is 16.7 Å². The maximum Gasteiger partial charge on any atom is 0.409 e. The van der Waals surface area contributed by atoms with Gasteiger partial charge in [-0.2, -0.15) is 0 Å². The number of alkyl halides is 2. The minimum absolute atomic E-state index is 0.103. The number of amides is 3. The average Bonchev–Trinajstić information content (AvgIpc) is 3.79. The van der Waals surface area contributed by atoms with Crippen LogP contribution in [-0.2, 0) is 14.3 Å². The van der Waals surface area contributed by atoms with E-state index in [9.17, 15) is 28.3 Å². The maximum absolute atomic E-state index is 13.5. The second-order valence-electron chi connectivity index (χ2n) is 11.2. The number of benzene rings is 2. The quantitative estimate of drug-likeness (QED) is 0.269. The summed E-state index contributed by atoms with van der Waals surface area (Å²) < 4.78 is 43.2. The summed E-state index contributed by atoms with van der Waals surface area (Å²) in [4.78, 5) is 39.3. The van der Waals surface area contributed by atoms with Gasteiger partial charge in [0.1, 0.15) is 17.6 Å². The number of aliphatic hydroxyl groups is 1. The highest BCUT2D eigenvalue weighted by Crippen LogP contribution is 2.30. The molecule has 0 saturated carbocycles. The minimum atomic E-state index is -2.94. The van der Waals surface area contributed by atoms with E-state index in [0.29, 0.717) is 23.5 Å². The molecule has 240 valence electrons. The number of rotatable bonds is 10. The molecule has 4 atom stereocenters. The summed E-state index contributed by atoms with van der Waals surface area (Å²) in [6, 6.07) is 16.2. The zero-order valence-electron chi connectivity index (χ0n) is 24.9. The number of hydrogen-bond donors (Lipinski definition) is 4. The van der Waals surface area contributed by atoms with E-state index < -0.39 is 55.1 Å². The predicted molar refractivity (Wildman–Crippen MR) is 160 cm³/mol. The summed E-state index contributed by atoms with van der Waals surface area (Å²) in [6.45, 7) is -0.444. The Morgan fingerprint density at radius 3 is 2.24 bits per heavy atom. The summed E-state index contributed by atoms with van der Waals surface area (Å²) >= 11 is 0. The number of halogens is 2. The van der Waals surface area contributed by atoms with Crippen LogP contribution in [0.1, 0.15) is 34.9 Å². The number of ether oxygens (including phenoxy) is 2. The van der Waals surface area contributed by atoms with E-state index in [4.69, 9.17) is 13.9 Å². The first-order valence-corrected chi connectivity index (χ1v) is 14.6. The fraction of sp³-hybridized carbons (Fsp3) is 0.406. The SMILES string of the molecule is COC(=O)N1C[C@H](NC(=O)[C@@H]2CC(F)(F)CN2)C[C@@H]1CNC(=O)c1ccc(-c2ccc(-c3ccc(C(CO)OC)cc3)o2)cc1. The van der Waals surface area contributed by atoms with Crippen LogP contribution in [-0.4, -0.2) is 92.4 Å². The van der Waals surface area contributed by atoms with Crippen LogP contribution in [0, 0.1) is 0 Å². The number of methoxy groups -OCH3 is 2. The molecule has 2 fully saturated rings. The fourth-order valence-electron chi connectivity index (χ4n) is 5.68. The number of aliphatic hydroxyl groups excluding tert-OH is 1. The van der Waals surface area contributed by atoms with Crippen molar-refractivity contribution in [3.05, 3.63) is 71.8 Å². The molecule has 13 heteroatoms. The molecule has 11 nitrogen and oxygen atoms in total. The van der Waals surface area contributed by atoms with Gasteiger partial charge in [0.05, 0.1) is 32.3 Å². The van der Waals surface area contributed by atoms with Crippen molar-refractivity contribution < 1.29 is 42.2 Å². The third-order valence-electron chi connectivity index (χ3n) is 8.15. The molecule has 3 aromatic rings. The number of furan rings is 1. The molecule has 2 aromatic carbocycles. The van der Waals surface area contributed by atoms with E-state index in [1.165, 1.54) is 12.0 Å². The van der Waals surface area contributed by atoms with E-state index >= 15 is 0 Å². The molecule has 1 aromatic heterocycles. The third kappa shape index (κ3) is 7.49. The molecule has 2 saturated heterocycles. The van der Waals surface area contributed by atoms with Crippen molar-refractivity contribution in [3.63, 3.8) is 0 Å². The van der Waals surface area contributed by atoms with Gasteiger partial charge in [-0.1, -0.05) is 36.4 Å². The number of carbonyl (C=O) groups is 3. The molecular formula is C32H36F2N4O7. The number of nitrogens with one attached hydrogen (secondary N) is 3. The summed E-state index contributed by atoms with van der Waals surface area (Å²) in [5.74, 6) is -2.56. The Morgan fingerprint density at radius 1 is 1.04 bits per heavy atom. The van der Waals surface area contributed by atoms with Crippen LogP contribution in [0.25, 0.3) is 22.6 Å². The van der Waals surface area contributed by atoms with Gasteiger partial charge < -0.3 is 34.5 Å². The van der Waals surface area contributed by atoms with Crippen LogP contribution in [0.15, 0.2) is 65.1 Å². The van der Waals surface area contributed by atoms with Gasteiger partial charge in [-0.05, 0) is 36.2 Å². The fourth-order valence-corrected chi connectivity index (χ4v) is 5.68. The Bertz CT molecular complexity index is 1490. The molecule has 4 N–H and O–H groups in total. The first-order chi connectivity index (χ1) is 21.6. The molecule has 2 aliphatic rings. The van der Waals surface area contributed by atoms with Gasteiger partial charge in [0.15, 0.2) is 0 Å². The second-order valence-corrected chi connectivity index (χ2v) is 11.2. The maximum atomic E-state index is 13.5. The third-order valence-corrected chi connectivity index (χ3v) is 8.15. The molecule has 1 unspecified atom stereocenters. The molecule has 0 radical (unpaired) electrons. The van der Waals surface area contributed by atoms with Gasteiger partial charge in [-0.3, -0.25) is 14.9 Å². The highest BCUT2D eigenvalue weighted by atomic mass is 19.3. The normalized spacial score (nSPS) is 21.4. The molecule has 3 amide bonds. The number of likely N-dealkylation sites (tertiary alicyclic amines) is 1. The summed E-state index contributed by atoms with van der Waals surface area (Å²) in [6.07, 6.45) is -1.27.